The molecular formula is C13H20N6O. The third-order valence-electron chi connectivity index (χ3n) is 3.74. The molecule has 7 nitrogen and oxygen atoms in total. The van der Waals surface area contributed by atoms with E-state index in [0.717, 1.165) is 37.5 Å². The van der Waals surface area contributed by atoms with Gasteiger partial charge >= 0.3 is 0 Å². The number of aromatic nitrogens is 5. The highest BCUT2D eigenvalue weighted by Gasteiger charge is 2.24. The van der Waals surface area contributed by atoms with E-state index in [1.165, 1.54) is 0 Å². The quantitative estimate of drug-likeness (QED) is 0.903. The summed E-state index contributed by atoms with van der Waals surface area (Å²) in [5.74, 6) is 3.48. The molecule has 1 aliphatic rings. The molecule has 7 heteroatoms. The minimum atomic E-state index is 0.0595. The van der Waals surface area contributed by atoms with Crippen LogP contribution in [0.3, 0.4) is 0 Å². The van der Waals surface area contributed by atoms with Crippen LogP contribution in [0.1, 0.15) is 49.7 Å². The van der Waals surface area contributed by atoms with E-state index in [0.29, 0.717) is 17.8 Å². The molecule has 108 valence electrons. The number of hydrogen-bond donors (Lipinski definition) is 1. The lowest BCUT2D eigenvalue weighted by Gasteiger charge is -2.27. The smallest absolute Gasteiger partial charge is 0.243 e. The molecule has 1 aliphatic heterocycles. The van der Waals surface area contributed by atoms with Gasteiger partial charge in [-0.05, 0) is 20.3 Å². The van der Waals surface area contributed by atoms with E-state index < -0.39 is 0 Å². The highest BCUT2D eigenvalue weighted by atomic mass is 16.5. The summed E-state index contributed by atoms with van der Waals surface area (Å²) in [7, 11) is 0. The van der Waals surface area contributed by atoms with Crippen molar-refractivity contribution >= 4 is 0 Å². The van der Waals surface area contributed by atoms with Crippen molar-refractivity contribution in [3.8, 4) is 0 Å². The van der Waals surface area contributed by atoms with Crippen molar-refractivity contribution in [2.75, 3.05) is 0 Å². The Balaban J connectivity index is 1.68. The van der Waals surface area contributed by atoms with Gasteiger partial charge in [0.1, 0.15) is 11.6 Å². The summed E-state index contributed by atoms with van der Waals surface area (Å²) in [6.45, 7) is 6.90. The molecule has 0 spiro atoms. The lowest BCUT2D eigenvalue weighted by molar-refractivity contribution is 0.292. The molecule has 0 saturated heterocycles. The fraction of sp³-hybridized carbons (Fsp3) is 0.692. The first-order chi connectivity index (χ1) is 9.67. The first kappa shape index (κ1) is 13.2. The predicted octanol–water partition coefficient (Wildman–Crippen LogP) is 1.20. The van der Waals surface area contributed by atoms with Gasteiger partial charge in [-0.2, -0.15) is 4.98 Å². The molecule has 0 radical (unpaired) electrons. The third kappa shape index (κ3) is 2.45. The second-order valence-corrected chi connectivity index (χ2v) is 5.30. The van der Waals surface area contributed by atoms with Gasteiger partial charge in [0.2, 0.25) is 5.89 Å². The van der Waals surface area contributed by atoms with Gasteiger partial charge in [0, 0.05) is 25.4 Å². The molecule has 2 aromatic rings. The van der Waals surface area contributed by atoms with Gasteiger partial charge in [-0.1, -0.05) is 12.1 Å². The van der Waals surface area contributed by atoms with Crippen LogP contribution >= 0.6 is 0 Å². The van der Waals surface area contributed by atoms with Crippen LogP contribution in [0.25, 0.3) is 0 Å². The molecule has 3 rings (SSSR count). The van der Waals surface area contributed by atoms with E-state index in [2.05, 4.69) is 44.1 Å². The predicted molar refractivity (Wildman–Crippen MR) is 72.1 cm³/mol. The normalized spacial score (nSPS) is 19.9. The summed E-state index contributed by atoms with van der Waals surface area (Å²) in [4.78, 5) is 4.27. The van der Waals surface area contributed by atoms with Crippen LogP contribution in [0.15, 0.2) is 4.52 Å². The zero-order valence-corrected chi connectivity index (χ0v) is 12.1. The lowest BCUT2D eigenvalue weighted by atomic mass is 10.1. The van der Waals surface area contributed by atoms with Crippen LogP contribution in [-0.4, -0.2) is 30.9 Å². The van der Waals surface area contributed by atoms with E-state index in [9.17, 15) is 0 Å². The molecule has 20 heavy (non-hydrogen) atoms. The molecule has 0 saturated carbocycles. The van der Waals surface area contributed by atoms with Crippen molar-refractivity contribution in [1.82, 2.24) is 30.2 Å². The van der Waals surface area contributed by atoms with Gasteiger partial charge in [-0.25, -0.2) is 0 Å². The van der Waals surface area contributed by atoms with E-state index in [-0.39, 0.29) is 6.04 Å². The second-order valence-electron chi connectivity index (χ2n) is 5.30. The van der Waals surface area contributed by atoms with E-state index in [1.54, 1.807) is 0 Å². The number of aryl methyl sites for hydroxylation is 3. The van der Waals surface area contributed by atoms with Crippen molar-refractivity contribution in [1.29, 1.82) is 0 Å². The minimum absolute atomic E-state index is 0.0595. The fourth-order valence-electron chi connectivity index (χ4n) is 2.69. The average Bonchev–Trinajstić information content (AvgIpc) is 3.04. The van der Waals surface area contributed by atoms with Gasteiger partial charge in [0.15, 0.2) is 5.82 Å². The third-order valence-corrected chi connectivity index (χ3v) is 3.74. The lowest BCUT2D eigenvalue weighted by Crippen LogP contribution is -2.39. The van der Waals surface area contributed by atoms with Crippen LogP contribution < -0.4 is 5.32 Å². The zero-order valence-electron chi connectivity index (χ0n) is 12.1. The van der Waals surface area contributed by atoms with E-state index in [1.807, 2.05) is 6.92 Å². The highest BCUT2D eigenvalue weighted by Crippen LogP contribution is 2.18. The molecule has 1 N–H and O–H groups in total. The summed E-state index contributed by atoms with van der Waals surface area (Å²) < 4.78 is 7.44. The Morgan fingerprint density at radius 3 is 3.00 bits per heavy atom. The van der Waals surface area contributed by atoms with Crippen molar-refractivity contribution in [2.45, 2.75) is 58.7 Å². The molecule has 0 bridgehead atoms. The van der Waals surface area contributed by atoms with Crippen LogP contribution in [0.5, 0.6) is 0 Å². The van der Waals surface area contributed by atoms with Crippen LogP contribution in [-0.2, 0) is 19.4 Å². The topological polar surface area (TPSA) is 81.7 Å². The monoisotopic (exact) mass is 276 g/mol. The largest absolute Gasteiger partial charge is 0.338 e. The van der Waals surface area contributed by atoms with Crippen molar-refractivity contribution in [3.63, 3.8) is 0 Å². The Hall–Kier alpha value is -1.76. The van der Waals surface area contributed by atoms with Crippen molar-refractivity contribution in [2.24, 2.45) is 0 Å². The Morgan fingerprint density at radius 1 is 1.45 bits per heavy atom. The Bertz CT molecular complexity index is 576. The number of fused-ring (bicyclic) bond motifs is 1. The van der Waals surface area contributed by atoms with Gasteiger partial charge < -0.3 is 14.4 Å². The summed E-state index contributed by atoms with van der Waals surface area (Å²) in [5, 5.41) is 15.9. The van der Waals surface area contributed by atoms with Gasteiger partial charge in [-0.15, -0.1) is 10.2 Å². The SMILES string of the molecule is CCc1nnc2n1C[C@@H](N[C@@H](C)c1nc(C)no1)CC2. The number of nitrogens with zero attached hydrogens (tertiary/aromatic N) is 5. The van der Waals surface area contributed by atoms with Crippen LogP contribution in [0.2, 0.25) is 0 Å². The van der Waals surface area contributed by atoms with Gasteiger partial charge in [-0.3, -0.25) is 0 Å². The van der Waals surface area contributed by atoms with Crippen LogP contribution in [0.4, 0.5) is 0 Å². The molecular weight excluding hydrogens is 256 g/mol. The summed E-state index contributed by atoms with van der Waals surface area (Å²) >= 11 is 0. The first-order valence-electron chi connectivity index (χ1n) is 7.14. The minimum Gasteiger partial charge on any atom is -0.338 e. The molecule has 2 aromatic heterocycles. The molecule has 0 unspecified atom stereocenters. The maximum Gasteiger partial charge on any atom is 0.243 e. The fourth-order valence-corrected chi connectivity index (χ4v) is 2.69. The molecule has 0 aromatic carbocycles. The van der Waals surface area contributed by atoms with E-state index in [4.69, 9.17) is 4.52 Å². The Morgan fingerprint density at radius 2 is 2.30 bits per heavy atom. The standard InChI is InChI=1S/C13H20N6O/c1-4-11-16-17-12-6-5-10(7-19(11)12)14-8(2)13-15-9(3)18-20-13/h8,10,14H,4-7H2,1-3H3/t8-,10-/m0/s1. The number of hydrogen-bond acceptors (Lipinski definition) is 6. The summed E-state index contributed by atoms with van der Waals surface area (Å²) in [5.41, 5.74) is 0. The van der Waals surface area contributed by atoms with Crippen LogP contribution in [0, 0.1) is 6.92 Å². The molecule has 0 aliphatic carbocycles. The van der Waals surface area contributed by atoms with Gasteiger partial charge in [0.25, 0.3) is 0 Å². The summed E-state index contributed by atoms with van der Waals surface area (Å²) in [6.07, 6.45) is 2.93. The number of rotatable bonds is 4. The van der Waals surface area contributed by atoms with Crippen molar-refractivity contribution < 1.29 is 4.52 Å². The van der Waals surface area contributed by atoms with E-state index >= 15 is 0 Å². The number of nitrogens with one attached hydrogen (secondary N) is 1. The maximum atomic E-state index is 5.21. The Labute approximate surface area is 117 Å². The summed E-state index contributed by atoms with van der Waals surface area (Å²) in [6, 6.07) is 0.440. The molecule has 3 heterocycles. The molecule has 2 atom stereocenters. The maximum absolute atomic E-state index is 5.21. The van der Waals surface area contributed by atoms with Crippen molar-refractivity contribution in [3.05, 3.63) is 23.4 Å². The highest BCUT2D eigenvalue weighted by molar-refractivity contribution is 5.02. The average molecular weight is 276 g/mol. The molecule has 0 amide bonds. The zero-order chi connectivity index (χ0) is 14.1. The first-order valence-corrected chi connectivity index (χ1v) is 7.14. The Kier molecular flexibility index (Phi) is 3.52. The van der Waals surface area contributed by atoms with Gasteiger partial charge in [0.05, 0.1) is 6.04 Å². The molecule has 0 fully saturated rings. The second kappa shape index (κ2) is 5.32.